The van der Waals surface area contributed by atoms with Gasteiger partial charge in [0.1, 0.15) is 0 Å². The van der Waals surface area contributed by atoms with Crippen molar-refractivity contribution in [3.63, 3.8) is 0 Å². The maximum absolute atomic E-state index is 12.0. The van der Waals surface area contributed by atoms with Crippen LogP contribution in [0.3, 0.4) is 0 Å². The second-order valence-corrected chi connectivity index (χ2v) is 6.32. The minimum absolute atomic E-state index is 0.00122. The minimum atomic E-state index is -0.534. The molecule has 3 amide bonds. The van der Waals surface area contributed by atoms with Gasteiger partial charge in [-0.1, -0.05) is 30.3 Å². The van der Waals surface area contributed by atoms with E-state index in [2.05, 4.69) is 27.9 Å². The lowest BCUT2D eigenvalue weighted by molar-refractivity contribution is -0.121. The Bertz CT molecular complexity index is 740. The van der Waals surface area contributed by atoms with E-state index in [0.29, 0.717) is 32.5 Å². The lowest BCUT2D eigenvalue weighted by Gasteiger charge is -2.08. The van der Waals surface area contributed by atoms with Gasteiger partial charge in [0.25, 0.3) is 0 Å². The van der Waals surface area contributed by atoms with Crippen LogP contribution in [0.2, 0.25) is 0 Å². The number of carbonyl (C=O) groups excluding carboxylic acids is 2. The number of hydrogen-bond donors (Lipinski definition) is 3. The Hall–Kier alpha value is -2.83. The zero-order valence-electron chi connectivity index (χ0n) is 15.4. The summed E-state index contributed by atoms with van der Waals surface area (Å²) in [5.41, 5.74) is 9.24. The minimum Gasteiger partial charge on any atom is -0.352 e. The summed E-state index contributed by atoms with van der Waals surface area (Å²) < 4.78 is 1.97. The summed E-state index contributed by atoms with van der Waals surface area (Å²) in [5.74, 6) is -0.00122. The van der Waals surface area contributed by atoms with Crippen LogP contribution in [0.5, 0.6) is 0 Å². The molecule has 0 bridgehead atoms. The highest BCUT2D eigenvalue weighted by Crippen LogP contribution is 2.14. The van der Waals surface area contributed by atoms with Crippen LogP contribution in [0.1, 0.15) is 41.8 Å². The van der Waals surface area contributed by atoms with Crippen molar-refractivity contribution < 1.29 is 9.59 Å². The molecule has 0 aliphatic rings. The molecule has 1 heterocycles. The molecule has 0 unspecified atom stereocenters. The Labute approximate surface area is 154 Å². The van der Waals surface area contributed by atoms with E-state index in [1.807, 2.05) is 36.7 Å². The Morgan fingerprint density at radius 1 is 1.12 bits per heavy atom. The third-order valence-corrected chi connectivity index (χ3v) is 4.30. The number of primary amides is 1. The SMILES string of the molecule is Cc1nn(Cc2ccccc2)c(C)c1CNC(=O)CCCCNC(N)=O. The standard InChI is InChI=1S/C19H27N5O2/c1-14-17(12-22-18(25)10-6-7-11-21-19(20)26)15(2)24(23-14)13-16-8-4-3-5-9-16/h3-5,8-9H,6-7,10-13H2,1-2H3,(H,22,25)(H3,20,21,26). The summed E-state index contributed by atoms with van der Waals surface area (Å²) in [6, 6.07) is 9.64. The van der Waals surface area contributed by atoms with Crippen LogP contribution in [0.4, 0.5) is 4.79 Å². The first-order valence-corrected chi connectivity index (χ1v) is 8.84. The first-order chi connectivity index (χ1) is 12.5. The van der Waals surface area contributed by atoms with Gasteiger partial charge in [0.15, 0.2) is 0 Å². The number of aryl methyl sites for hydroxylation is 1. The predicted octanol–water partition coefficient (Wildman–Crippen LogP) is 2.00. The van der Waals surface area contributed by atoms with Crippen molar-refractivity contribution in [1.29, 1.82) is 0 Å². The number of nitrogens with zero attached hydrogens (tertiary/aromatic N) is 2. The van der Waals surface area contributed by atoms with Gasteiger partial charge in [-0.15, -0.1) is 0 Å². The molecule has 7 heteroatoms. The van der Waals surface area contributed by atoms with Crippen LogP contribution in [0.25, 0.3) is 0 Å². The molecule has 0 saturated heterocycles. The second kappa shape index (κ2) is 9.60. The number of amides is 3. The Balaban J connectivity index is 1.82. The molecule has 1 aromatic heterocycles. The van der Waals surface area contributed by atoms with E-state index in [0.717, 1.165) is 23.4 Å². The van der Waals surface area contributed by atoms with Crippen molar-refractivity contribution in [2.45, 2.75) is 46.2 Å². The third kappa shape index (κ3) is 5.91. The van der Waals surface area contributed by atoms with Crippen molar-refractivity contribution in [3.05, 3.63) is 52.8 Å². The number of hydrogen-bond acceptors (Lipinski definition) is 3. The highest BCUT2D eigenvalue weighted by Gasteiger charge is 2.12. The molecular weight excluding hydrogens is 330 g/mol. The maximum Gasteiger partial charge on any atom is 0.312 e. The molecule has 140 valence electrons. The van der Waals surface area contributed by atoms with Gasteiger partial charge in [0, 0.05) is 30.8 Å². The number of urea groups is 1. The topological polar surface area (TPSA) is 102 Å². The molecule has 2 rings (SSSR count). The summed E-state index contributed by atoms with van der Waals surface area (Å²) in [6.07, 6.45) is 1.86. The second-order valence-electron chi connectivity index (χ2n) is 6.32. The fourth-order valence-corrected chi connectivity index (χ4v) is 2.80. The molecular formula is C19H27N5O2. The number of aromatic nitrogens is 2. The number of benzene rings is 1. The van der Waals surface area contributed by atoms with Gasteiger partial charge < -0.3 is 16.4 Å². The average Bonchev–Trinajstić information content (AvgIpc) is 2.87. The van der Waals surface area contributed by atoms with Crippen LogP contribution < -0.4 is 16.4 Å². The average molecular weight is 357 g/mol. The van der Waals surface area contributed by atoms with Gasteiger partial charge in [-0.3, -0.25) is 9.48 Å². The first-order valence-electron chi connectivity index (χ1n) is 8.84. The summed E-state index contributed by atoms with van der Waals surface area (Å²) in [5, 5.41) is 10.1. The predicted molar refractivity (Wildman–Crippen MR) is 101 cm³/mol. The van der Waals surface area contributed by atoms with Crippen molar-refractivity contribution in [1.82, 2.24) is 20.4 Å². The molecule has 1 aromatic carbocycles. The van der Waals surface area contributed by atoms with Gasteiger partial charge in [0.2, 0.25) is 5.91 Å². The lowest BCUT2D eigenvalue weighted by Crippen LogP contribution is -2.30. The Kier molecular flexibility index (Phi) is 7.20. The number of nitrogens with one attached hydrogen (secondary N) is 2. The van der Waals surface area contributed by atoms with Crippen LogP contribution in [0, 0.1) is 13.8 Å². The van der Waals surface area contributed by atoms with Crippen molar-refractivity contribution in [3.8, 4) is 0 Å². The molecule has 26 heavy (non-hydrogen) atoms. The summed E-state index contributed by atoms with van der Waals surface area (Å²) in [6.45, 7) is 5.68. The maximum atomic E-state index is 12.0. The first kappa shape index (κ1) is 19.5. The zero-order valence-corrected chi connectivity index (χ0v) is 15.4. The van der Waals surface area contributed by atoms with Gasteiger partial charge in [-0.2, -0.15) is 5.10 Å². The highest BCUT2D eigenvalue weighted by molar-refractivity contribution is 5.75. The fourth-order valence-electron chi connectivity index (χ4n) is 2.80. The molecule has 0 saturated carbocycles. The van der Waals surface area contributed by atoms with Crippen LogP contribution in [0.15, 0.2) is 30.3 Å². The summed E-state index contributed by atoms with van der Waals surface area (Å²) in [4.78, 5) is 22.5. The van der Waals surface area contributed by atoms with Gasteiger partial charge in [-0.25, -0.2) is 4.79 Å². The molecule has 0 atom stereocenters. The van der Waals surface area contributed by atoms with E-state index >= 15 is 0 Å². The molecule has 0 aliphatic carbocycles. The van der Waals surface area contributed by atoms with E-state index in [1.165, 1.54) is 5.56 Å². The number of unbranched alkanes of at least 4 members (excludes halogenated alkanes) is 1. The summed E-state index contributed by atoms with van der Waals surface area (Å²) >= 11 is 0. The van der Waals surface area contributed by atoms with Gasteiger partial charge >= 0.3 is 6.03 Å². The smallest absolute Gasteiger partial charge is 0.312 e. The van der Waals surface area contributed by atoms with Crippen molar-refractivity contribution in [2.75, 3.05) is 6.54 Å². The van der Waals surface area contributed by atoms with E-state index in [-0.39, 0.29) is 5.91 Å². The van der Waals surface area contributed by atoms with Crippen LogP contribution in [-0.2, 0) is 17.9 Å². The third-order valence-electron chi connectivity index (χ3n) is 4.30. The van der Waals surface area contributed by atoms with Gasteiger partial charge in [-0.05, 0) is 32.3 Å². The molecule has 0 fully saturated rings. The Morgan fingerprint density at radius 2 is 1.85 bits per heavy atom. The number of carbonyl (C=O) groups is 2. The van der Waals surface area contributed by atoms with Crippen LogP contribution in [-0.4, -0.2) is 28.3 Å². The zero-order chi connectivity index (χ0) is 18.9. The van der Waals surface area contributed by atoms with Crippen molar-refractivity contribution >= 4 is 11.9 Å². The van der Waals surface area contributed by atoms with Crippen molar-refractivity contribution in [2.24, 2.45) is 5.73 Å². The monoisotopic (exact) mass is 357 g/mol. The van der Waals surface area contributed by atoms with Gasteiger partial charge in [0.05, 0.1) is 12.2 Å². The summed E-state index contributed by atoms with van der Waals surface area (Å²) in [7, 11) is 0. The Morgan fingerprint density at radius 3 is 2.54 bits per heavy atom. The van der Waals surface area contributed by atoms with E-state index in [9.17, 15) is 9.59 Å². The quantitative estimate of drug-likeness (QED) is 0.598. The molecule has 0 radical (unpaired) electrons. The largest absolute Gasteiger partial charge is 0.352 e. The molecule has 4 N–H and O–H groups in total. The fraction of sp³-hybridized carbons (Fsp3) is 0.421. The molecule has 0 spiro atoms. The van der Waals surface area contributed by atoms with E-state index in [4.69, 9.17) is 5.73 Å². The molecule has 0 aliphatic heterocycles. The number of nitrogens with two attached hydrogens (primary N) is 1. The van der Waals surface area contributed by atoms with Crippen LogP contribution >= 0.6 is 0 Å². The number of rotatable bonds is 9. The normalized spacial score (nSPS) is 10.5. The van der Waals surface area contributed by atoms with E-state index in [1.54, 1.807) is 0 Å². The van der Waals surface area contributed by atoms with E-state index < -0.39 is 6.03 Å². The molecule has 2 aromatic rings. The lowest BCUT2D eigenvalue weighted by atomic mass is 10.1. The highest BCUT2D eigenvalue weighted by atomic mass is 16.2. The molecule has 7 nitrogen and oxygen atoms in total.